The van der Waals surface area contributed by atoms with E-state index in [1.165, 1.54) is 4.98 Å². The Labute approximate surface area is 101 Å². The summed E-state index contributed by atoms with van der Waals surface area (Å²) in [5, 5.41) is 0. The number of alkyl halides is 5. The van der Waals surface area contributed by atoms with Crippen molar-refractivity contribution in [3.05, 3.63) is 27.5 Å². The van der Waals surface area contributed by atoms with E-state index in [1.807, 2.05) is 0 Å². The molecule has 0 aromatic carbocycles. The number of carbonyl (C=O) groups excluding carboxylic acids is 1. The van der Waals surface area contributed by atoms with Crippen LogP contribution in [-0.4, -0.2) is 24.4 Å². The van der Waals surface area contributed by atoms with Crippen molar-refractivity contribution in [2.45, 2.75) is 12.8 Å². The van der Waals surface area contributed by atoms with Gasteiger partial charge >= 0.3 is 12.3 Å². The summed E-state index contributed by atoms with van der Waals surface area (Å²) in [7, 11) is 0.778. The van der Waals surface area contributed by atoms with E-state index in [9.17, 15) is 31.5 Å². The lowest BCUT2D eigenvalue weighted by atomic mass is 10.1. The Morgan fingerprint density at radius 3 is 2.37 bits per heavy atom. The van der Waals surface area contributed by atoms with E-state index in [2.05, 4.69) is 9.47 Å². The molecule has 0 saturated heterocycles. The summed E-state index contributed by atoms with van der Waals surface area (Å²) in [6.07, 6.45) is -8.63. The summed E-state index contributed by atoms with van der Waals surface area (Å²) in [4.78, 5) is 23.7. The zero-order valence-electron chi connectivity index (χ0n) is 9.18. The highest BCUT2D eigenvalue weighted by molar-refractivity contribution is 5.93. The van der Waals surface area contributed by atoms with Gasteiger partial charge in [-0.1, -0.05) is 0 Å². The predicted octanol–water partition coefficient (Wildman–Crippen LogP) is 2.00. The highest BCUT2D eigenvalue weighted by Gasteiger charge is 2.36. The molecule has 0 aliphatic heterocycles. The molecule has 0 atom stereocenters. The van der Waals surface area contributed by atoms with E-state index >= 15 is 0 Å². The number of hydrogen-bond donors (Lipinski definition) is 1. The fourth-order valence-corrected chi connectivity index (χ4v) is 1.23. The van der Waals surface area contributed by atoms with Crippen molar-refractivity contribution in [2.75, 3.05) is 7.11 Å². The number of H-pyrrole nitrogens is 1. The zero-order valence-corrected chi connectivity index (χ0v) is 9.18. The summed E-state index contributed by atoms with van der Waals surface area (Å²) >= 11 is 0. The lowest BCUT2D eigenvalue weighted by Gasteiger charge is -2.14. The topological polar surface area (TPSA) is 68.4 Å². The Hall–Kier alpha value is -2.13. The van der Waals surface area contributed by atoms with Gasteiger partial charge in [-0.15, -0.1) is 13.2 Å². The van der Waals surface area contributed by atoms with Crippen molar-refractivity contribution in [2.24, 2.45) is 0 Å². The minimum atomic E-state index is -5.27. The maximum atomic E-state index is 12.6. The van der Waals surface area contributed by atoms with Crippen LogP contribution in [0.4, 0.5) is 22.0 Å². The summed E-state index contributed by atoms with van der Waals surface area (Å²) in [5.74, 6) is -2.94. The molecule has 106 valence electrons. The fourth-order valence-electron chi connectivity index (χ4n) is 1.23. The summed E-state index contributed by atoms with van der Waals surface area (Å²) in [6.45, 7) is 0. The van der Waals surface area contributed by atoms with Crippen molar-refractivity contribution in [1.29, 1.82) is 0 Å². The van der Waals surface area contributed by atoms with E-state index in [0.717, 1.165) is 7.11 Å². The van der Waals surface area contributed by atoms with Gasteiger partial charge in [0.05, 0.1) is 7.11 Å². The number of aromatic nitrogens is 1. The molecule has 0 unspecified atom stereocenters. The number of esters is 1. The molecular weight excluding hydrogens is 281 g/mol. The highest BCUT2D eigenvalue weighted by atomic mass is 19.4. The first-order valence-electron chi connectivity index (χ1n) is 4.55. The number of carbonyl (C=O) groups is 1. The number of ether oxygens (including phenoxy) is 2. The molecule has 1 aromatic heterocycles. The number of nitrogens with one attached hydrogen (secondary N) is 1. The normalized spacial score (nSPS) is 11.5. The molecule has 1 heterocycles. The van der Waals surface area contributed by atoms with Gasteiger partial charge in [0.1, 0.15) is 5.56 Å². The molecule has 0 bridgehead atoms. The van der Waals surface area contributed by atoms with Crippen LogP contribution in [0, 0.1) is 0 Å². The summed E-state index contributed by atoms with van der Waals surface area (Å²) in [5.41, 5.74) is -3.67. The van der Waals surface area contributed by atoms with Crippen LogP contribution in [0.25, 0.3) is 0 Å². The SMILES string of the molecule is COC(=O)c1c(C(F)F)cc(=O)[nH]c1OC(F)(F)F. The number of halogens is 5. The lowest BCUT2D eigenvalue weighted by molar-refractivity contribution is -0.276. The smallest absolute Gasteiger partial charge is 0.465 e. The minimum absolute atomic E-state index is 0.292. The van der Waals surface area contributed by atoms with Crippen LogP contribution in [-0.2, 0) is 4.74 Å². The Kier molecular flexibility index (Phi) is 4.12. The molecule has 0 saturated carbocycles. The fraction of sp³-hybridized carbons (Fsp3) is 0.333. The zero-order chi connectivity index (χ0) is 14.8. The average Bonchev–Trinajstić information content (AvgIpc) is 2.24. The predicted molar refractivity (Wildman–Crippen MR) is 50.0 cm³/mol. The van der Waals surface area contributed by atoms with Gasteiger partial charge in [0.25, 0.3) is 12.0 Å². The highest BCUT2D eigenvalue weighted by Crippen LogP contribution is 2.30. The summed E-state index contributed by atoms with van der Waals surface area (Å²) in [6, 6.07) is 0.292. The molecule has 0 fully saturated rings. The van der Waals surface area contributed by atoms with Gasteiger partial charge in [-0.2, -0.15) is 0 Å². The third-order valence-electron chi connectivity index (χ3n) is 1.88. The van der Waals surface area contributed by atoms with Crippen LogP contribution < -0.4 is 10.3 Å². The number of methoxy groups -OCH3 is 1. The second-order valence-corrected chi connectivity index (χ2v) is 3.13. The van der Waals surface area contributed by atoms with Crippen LogP contribution >= 0.6 is 0 Å². The van der Waals surface area contributed by atoms with Crippen molar-refractivity contribution in [3.8, 4) is 5.88 Å². The van der Waals surface area contributed by atoms with Gasteiger partial charge in [-0.25, -0.2) is 13.6 Å². The Bertz CT molecular complexity index is 536. The Balaban J connectivity index is 3.51. The maximum absolute atomic E-state index is 12.6. The quantitative estimate of drug-likeness (QED) is 0.682. The molecule has 0 aliphatic carbocycles. The average molecular weight is 287 g/mol. The van der Waals surface area contributed by atoms with Crippen molar-refractivity contribution in [1.82, 2.24) is 4.98 Å². The summed E-state index contributed by atoms with van der Waals surface area (Å²) < 4.78 is 68.9. The number of hydrogen-bond acceptors (Lipinski definition) is 4. The molecule has 5 nitrogen and oxygen atoms in total. The largest absolute Gasteiger partial charge is 0.574 e. The molecule has 0 radical (unpaired) electrons. The van der Waals surface area contributed by atoms with Gasteiger partial charge in [-0.05, 0) is 0 Å². The second-order valence-electron chi connectivity index (χ2n) is 3.13. The van der Waals surface area contributed by atoms with Gasteiger partial charge in [0.2, 0.25) is 5.88 Å². The standard InChI is InChI=1S/C9H6F5NO4/c1-18-8(17)5-3(6(10)11)2-4(16)15-7(5)19-9(12,13)14/h2,6H,1H3,(H,15,16). The number of rotatable bonds is 3. The molecule has 0 aliphatic rings. The van der Waals surface area contributed by atoms with Crippen LogP contribution in [0.3, 0.4) is 0 Å². The van der Waals surface area contributed by atoms with Gasteiger partial charge in [-0.3, -0.25) is 9.78 Å². The first-order chi connectivity index (χ1) is 8.65. The first-order valence-corrected chi connectivity index (χ1v) is 4.55. The van der Waals surface area contributed by atoms with E-state index in [1.54, 1.807) is 0 Å². The molecular formula is C9H6F5NO4. The monoisotopic (exact) mass is 287 g/mol. The third-order valence-corrected chi connectivity index (χ3v) is 1.88. The van der Waals surface area contributed by atoms with Crippen LogP contribution in [0.5, 0.6) is 5.88 Å². The second kappa shape index (κ2) is 5.24. The number of aromatic amines is 1. The van der Waals surface area contributed by atoms with E-state index in [4.69, 9.17) is 0 Å². The van der Waals surface area contributed by atoms with Crippen LogP contribution in [0.1, 0.15) is 22.3 Å². The van der Waals surface area contributed by atoms with Gasteiger partial charge < -0.3 is 9.47 Å². The minimum Gasteiger partial charge on any atom is -0.465 e. The Morgan fingerprint density at radius 1 is 1.37 bits per heavy atom. The molecule has 1 rings (SSSR count). The van der Waals surface area contributed by atoms with E-state index < -0.39 is 41.3 Å². The lowest BCUT2D eigenvalue weighted by Crippen LogP contribution is -2.24. The van der Waals surface area contributed by atoms with Crippen LogP contribution in [0.2, 0.25) is 0 Å². The first kappa shape index (κ1) is 14.9. The van der Waals surface area contributed by atoms with E-state index in [0.29, 0.717) is 6.07 Å². The van der Waals surface area contributed by atoms with Crippen LogP contribution in [0.15, 0.2) is 10.9 Å². The van der Waals surface area contributed by atoms with Crippen molar-refractivity contribution in [3.63, 3.8) is 0 Å². The number of pyridine rings is 1. The van der Waals surface area contributed by atoms with Crippen molar-refractivity contribution < 1.29 is 36.2 Å². The molecule has 1 aromatic rings. The van der Waals surface area contributed by atoms with Crippen molar-refractivity contribution >= 4 is 5.97 Å². The molecule has 1 N–H and O–H groups in total. The van der Waals surface area contributed by atoms with Gasteiger partial charge in [0.15, 0.2) is 0 Å². The molecule has 0 spiro atoms. The maximum Gasteiger partial charge on any atom is 0.574 e. The van der Waals surface area contributed by atoms with Gasteiger partial charge in [0, 0.05) is 11.6 Å². The van der Waals surface area contributed by atoms with E-state index in [-0.39, 0.29) is 0 Å². The Morgan fingerprint density at radius 2 is 1.95 bits per heavy atom. The molecule has 19 heavy (non-hydrogen) atoms. The molecule has 0 amide bonds. The molecule has 10 heteroatoms. The third kappa shape index (κ3) is 3.66.